The normalized spacial score (nSPS) is 14.8. The summed E-state index contributed by atoms with van der Waals surface area (Å²) in [5, 5.41) is 0. The molecule has 0 spiro atoms. The highest BCUT2D eigenvalue weighted by Crippen LogP contribution is 2.31. The van der Waals surface area contributed by atoms with Crippen molar-refractivity contribution in [1.82, 2.24) is 0 Å². The van der Waals surface area contributed by atoms with Gasteiger partial charge in [0, 0.05) is 0 Å². The Hall–Kier alpha value is -0.133. The first-order valence-corrected chi connectivity index (χ1v) is 11.4. The van der Waals surface area contributed by atoms with Crippen LogP contribution in [0.15, 0.2) is 40.5 Å². The summed E-state index contributed by atoms with van der Waals surface area (Å²) in [5.41, 5.74) is 1.47. The summed E-state index contributed by atoms with van der Waals surface area (Å²) in [5.74, 6) is 0. The molecule has 1 unspecified atom stereocenters. The molecule has 1 rings (SSSR count). The van der Waals surface area contributed by atoms with Crippen LogP contribution in [0.2, 0.25) is 19.6 Å². The maximum atomic E-state index is 6.36. The number of benzene rings is 1. The van der Waals surface area contributed by atoms with E-state index in [1.54, 1.807) is 0 Å². The van der Waals surface area contributed by atoms with E-state index in [0.29, 0.717) is 0 Å². The van der Waals surface area contributed by atoms with Crippen molar-refractivity contribution in [3.8, 4) is 0 Å². The minimum atomic E-state index is -1.54. The van der Waals surface area contributed by atoms with Crippen molar-refractivity contribution in [3.63, 3.8) is 0 Å². The molecule has 0 N–H and O–H groups in total. The van der Waals surface area contributed by atoms with E-state index >= 15 is 0 Å². The second-order valence-corrected chi connectivity index (χ2v) is 11.8. The second kappa shape index (κ2) is 7.04. The average molecular weight is 388 g/mol. The smallest absolute Gasteiger partial charge is 0.184 e. The van der Waals surface area contributed by atoms with E-state index in [0.717, 1.165) is 6.42 Å². The Morgan fingerprint density at radius 2 is 1.79 bits per heavy atom. The highest BCUT2D eigenvalue weighted by atomic mass is 127. The Balaban J connectivity index is 2.87. The third kappa shape index (κ3) is 6.23. The molecule has 106 valence electrons. The molecule has 1 aromatic carbocycles. The molecule has 0 heterocycles. The summed E-state index contributed by atoms with van der Waals surface area (Å²) < 4.78 is 8.44. The van der Waals surface area contributed by atoms with Crippen LogP contribution in [0.3, 0.4) is 0 Å². The van der Waals surface area contributed by atoms with Crippen molar-refractivity contribution < 1.29 is 4.43 Å². The molecule has 0 bridgehead atoms. The van der Waals surface area contributed by atoms with Crippen molar-refractivity contribution in [2.45, 2.75) is 46.0 Å². The van der Waals surface area contributed by atoms with Crippen LogP contribution >= 0.6 is 22.6 Å². The largest absolute Gasteiger partial charge is 0.411 e. The van der Waals surface area contributed by atoms with Crippen LogP contribution in [0, 0.1) is 5.41 Å². The third-order valence-electron chi connectivity index (χ3n) is 3.00. The van der Waals surface area contributed by atoms with Gasteiger partial charge in [-0.05, 0) is 41.1 Å². The van der Waals surface area contributed by atoms with Gasteiger partial charge in [0.15, 0.2) is 8.32 Å². The fraction of sp³-hybridized carbons (Fsp3) is 0.500. The van der Waals surface area contributed by atoms with Gasteiger partial charge >= 0.3 is 0 Å². The molecule has 0 aliphatic rings. The van der Waals surface area contributed by atoms with Gasteiger partial charge in [-0.2, -0.15) is 0 Å². The molecule has 0 radical (unpaired) electrons. The summed E-state index contributed by atoms with van der Waals surface area (Å²) in [6, 6.07) is 10.7. The lowest BCUT2D eigenvalue weighted by Crippen LogP contribution is -2.40. The van der Waals surface area contributed by atoms with Gasteiger partial charge in [-0.25, -0.2) is 0 Å². The van der Waals surface area contributed by atoms with Crippen molar-refractivity contribution in [2.75, 3.05) is 0 Å². The van der Waals surface area contributed by atoms with E-state index in [4.69, 9.17) is 4.43 Å². The van der Waals surface area contributed by atoms with Crippen molar-refractivity contribution in [3.05, 3.63) is 46.1 Å². The van der Waals surface area contributed by atoms with E-state index < -0.39 is 8.32 Å². The molecule has 1 aromatic rings. The molecular formula is C16H25IOSi. The molecule has 3 heteroatoms. The fourth-order valence-electron chi connectivity index (χ4n) is 2.13. The molecule has 19 heavy (non-hydrogen) atoms. The second-order valence-electron chi connectivity index (χ2n) is 6.62. The van der Waals surface area contributed by atoms with Crippen LogP contribution in [0.25, 0.3) is 0 Å². The highest BCUT2D eigenvalue weighted by molar-refractivity contribution is 14.1. The van der Waals surface area contributed by atoms with E-state index in [1.165, 1.54) is 5.56 Å². The van der Waals surface area contributed by atoms with Crippen LogP contribution in [0.5, 0.6) is 0 Å². The van der Waals surface area contributed by atoms with Gasteiger partial charge in [0.05, 0.1) is 6.10 Å². The van der Waals surface area contributed by atoms with Gasteiger partial charge in [-0.3, -0.25) is 0 Å². The monoisotopic (exact) mass is 388 g/mol. The van der Waals surface area contributed by atoms with Gasteiger partial charge in [0.1, 0.15) is 0 Å². The minimum Gasteiger partial charge on any atom is -0.411 e. The van der Waals surface area contributed by atoms with Crippen LogP contribution in [0.1, 0.15) is 19.4 Å². The zero-order valence-electron chi connectivity index (χ0n) is 12.6. The Morgan fingerprint density at radius 3 is 2.26 bits per heavy atom. The highest BCUT2D eigenvalue weighted by Gasteiger charge is 2.32. The molecular weight excluding hydrogens is 363 g/mol. The van der Waals surface area contributed by atoms with Gasteiger partial charge < -0.3 is 4.43 Å². The molecule has 0 fully saturated rings. The maximum Gasteiger partial charge on any atom is 0.184 e. The lowest BCUT2D eigenvalue weighted by molar-refractivity contribution is 0.107. The Morgan fingerprint density at radius 1 is 1.21 bits per heavy atom. The molecule has 0 amide bonds. The standard InChI is InChI=1S/C16H25IOSi/c1-16(2,13-14-9-7-6-8-10-14)15(11-12-17)18-19(3,4)5/h6-12,15H,13H2,1-5H3/b12-11+. The molecule has 0 aromatic heterocycles. The first-order chi connectivity index (χ1) is 8.74. The predicted molar refractivity (Wildman–Crippen MR) is 95.3 cm³/mol. The van der Waals surface area contributed by atoms with Crippen LogP contribution in [-0.2, 0) is 10.8 Å². The Labute approximate surface area is 132 Å². The molecule has 0 saturated heterocycles. The summed E-state index contributed by atoms with van der Waals surface area (Å²) in [6.07, 6.45) is 3.40. The number of hydrogen-bond donors (Lipinski definition) is 0. The SMILES string of the molecule is CC(C)(Cc1ccccc1)C(/C=C/I)O[Si](C)(C)C. The zero-order valence-corrected chi connectivity index (χ0v) is 15.8. The van der Waals surface area contributed by atoms with Crippen LogP contribution < -0.4 is 0 Å². The van der Waals surface area contributed by atoms with E-state index in [-0.39, 0.29) is 11.5 Å². The van der Waals surface area contributed by atoms with E-state index in [2.05, 4.69) is 96.6 Å². The van der Waals surface area contributed by atoms with Crippen LogP contribution in [-0.4, -0.2) is 14.4 Å². The van der Waals surface area contributed by atoms with Crippen molar-refractivity contribution in [2.24, 2.45) is 5.41 Å². The van der Waals surface area contributed by atoms with Gasteiger partial charge in [-0.1, -0.05) is 72.8 Å². The van der Waals surface area contributed by atoms with Crippen molar-refractivity contribution in [1.29, 1.82) is 0 Å². The summed E-state index contributed by atoms with van der Waals surface area (Å²) >= 11 is 2.28. The Kier molecular flexibility index (Phi) is 6.27. The predicted octanol–water partition coefficient (Wildman–Crippen LogP) is 5.42. The van der Waals surface area contributed by atoms with E-state index in [1.807, 2.05) is 0 Å². The van der Waals surface area contributed by atoms with Gasteiger partial charge in [0.25, 0.3) is 0 Å². The summed E-state index contributed by atoms with van der Waals surface area (Å²) in [6.45, 7) is 11.3. The minimum absolute atomic E-state index is 0.101. The number of halogens is 1. The molecule has 0 saturated carbocycles. The fourth-order valence-corrected chi connectivity index (χ4v) is 3.67. The third-order valence-corrected chi connectivity index (χ3v) is 4.38. The topological polar surface area (TPSA) is 9.23 Å². The first kappa shape index (κ1) is 16.9. The zero-order chi connectivity index (χ0) is 14.5. The van der Waals surface area contributed by atoms with Gasteiger partial charge in [-0.15, -0.1) is 0 Å². The number of rotatable bonds is 6. The Bertz CT molecular complexity index is 407. The first-order valence-electron chi connectivity index (χ1n) is 6.73. The lowest BCUT2D eigenvalue weighted by atomic mass is 9.80. The summed E-state index contributed by atoms with van der Waals surface area (Å²) in [4.78, 5) is 0. The van der Waals surface area contributed by atoms with Gasteiger partial charge in [0.2, 0.25) is 0 Å². The molecule has 1 nitrogen and oxygen atoms in total. The molecule has 0 aliphatic heterocycles. The lowest BCUT2D eigenvalue weighted by Gasteiger charge is -2.36. The van der Waals surface area contributed by atoms with Crippen LogP contribution in [0.4, 0.5) is 0 Å². The molecule has 0 aliphatic carbocycles. The number of hydrogen-bond acceptors (Lipinski definition) is 1. The molecule has 1 atom stereocenters. The quantitative estimate of drug-likeness (QED) is 0.467. The summed E-state index contributed by atoms with van der Waals surface area (Å²) in [7, 11) is -1.54. The van der Waals surface area contributed by atoms with E-state index in [9.17, 15) is 0 Å². The van der Waals surface area contributed by atoms with Crippen molar-refractivity contribution >= 4 is 30.9 Å². The average Bonchev–Trinajstić information content (AvgIpc) is 2.27. The maximum absolute atomic E-state index is 6.36.